The van der Waals surface area contributed by atoms with E-state index in [0.717, 1.165) is 33.6 Å². The monoisotopic (exact) mass is 453 g/mol. The summed E-state index contributed by atoms with van der Waals surface area (Å²) < 4.78 is 21.8. The fraction of sp³-hybridized carbons (Fsp3) is 0.385. The molecule has 1 heterocycles. The summed E-state index contributed by atoms with van der Waals surface area (Å²) in [6.45, 7) is 4.56. The van der Waals surface area contributed by atoms with Crippen molar-refractivity contribution in [1.29, 1.82) is 0 Å². The first kappa shape index (κ1) is 24.2. The van der Waals surface area contributed by atoms with Crippen LogP contribution in [-0.4, -0.2) is 33.2 Å². The van der Waals surface area contributed by atoms with Crippen LogP contribution in [0.1, 0.15) is 52.4 Å². The predicted octanol–water partition coefficient (Wildman–Crippen LogP) is 4.28. The molecule has 33 heavy (non-hydrogen) atoms. The van der Waals surface area contributed by atoms with Gasteiger partial charge in [-0.15, -0.1) is 0 Å². The van der Waals surface area contributed by atoms with Crippen LogP contribution in [0.3, 0.4) is 0 Å². The van der Waals surface area contributed by atoms with E-state index in [9.17, 15) is 9.59 Å². The third-order valence-electron chi connectivity index (χ3n) is 5.90. The molecule has 0 bridgehead atoms. The second-order valence-corrected chi connectivity index (χ2v) is 7.94. The molecular formula is C26H31NO6. The highest BCUT2D eigenvalue weighted by atomic mass is 16.5. The van der Waals surface area contributed by atoms with Crippen LogP contribution in [0.15, 0.2) is 35.9 Å². The number of benzene rings is 2. The standard InChI is InChI=1S/C26H31NO6/c1-16(11-13-22(28)27-14-18-8-6-7-9-21(18)30-3)10-12-19-24(31-4)17(2)20-15-33-26(29)23(20)25(19)32-5/h6-10H,11-15H2,1-5H3,(H,27,28)/b16-10+. The number of carbonyl (C=O) groups excluding carboxylic acids is 2. The van der Waals surface area contributed by atoms with Crippen LogP contribution in [0.4, 0.5) is 0 Å². The molecule has 0 atom stereocenters. The fourth-order valence-corrected chi connectivity index (χ4v) is 4.06. The Labute approximate surface area is 194 Å². The van der Waals surface area contributed by atoms with E-state index >= 15 is 0 Å². The highest BCUT2D eigenvalue weighted by Crippen LogP contribution is 2.42. The molecule has 1 aliphatic heterocycles. The number of hydrogen-bond acceptors (Lipinski definition) is 6. The van der Waals surface area contributed by atoms with Crippen molar-refractivity contribution in [2.75, 3.05) is 21.3 Å². The Hall–Kier alpha value is -3.48. The van der Waals surface area contributed by atoms with Crippen LogP contribution in [0, 0.1) is 6.92 Å². The van der Waals surface area contributed by atoms with Gasteiger partial charge in [0.05, 0.1) is 21.3 Å². The minimum Gasteiger partial charge on any atom is -0.496 e. The number of para-hydroxylation sites is 1. The molecule has 7 nitrogen and oxygen atoms in total. The van der Waals surface area contributed by atoms with E-state index in [2.05, 4.69) is 5.32 Å². The summed E-state index contributed by atoms with van der Waals surface area (Å²) in [5.41, 5.74) is 4.97. The lowest BCUT2D eigenvalue weighted by atomic mass is 9.94. The predicted molar refractivity (Wildman–Crippen MR) is 125 cm³/mol. The van der Waals surface area contributed by atoms with Gasteiger partial charge < -0.3 is 24.3 Å². The zero-order valence-electron chi connectivity index (χ0n) is 19.9. The Morgan fingerprint density at radius 2 is 1.82 bits per heavy atom. The smallest absolute Gasteiger partial charge is 0.342 e. The fourth-order valence-electron chi connectivity index (χ4n) is 4.06. The number of nitrogens with one attached hydrogen (secondary N) is 1. The van der Waals surface area contributed by atoms with E-state index in [-0.39, 0.29) is 18.5 Å². The number of cyclic esters (lactones) is 1. The van der Waals surface area contributed by atoms with Crippen LogP contribution in [-0.2, 0) is 29.1 Å². The average Bonchev–Trinajstić information content (AvgIpc) is 3.22. The molecule has 0 fully saturated rings. The van der Waals surface area contributed by atoms with Gasteiger partial charge in [-0.3, -0.25) is 4.79 Å². The molecule has 0 unspecified atom stereocenters. The Kier molecular flexibility index (Phi) is 7.98. The summed E-state index contributed by atoms with van der Waals surface area (Å²) in [5, 5.41) is 2.94. The lowest BCUT2D eigenvalue weighted by Gasteiger charge is -2.18. The van der Waals surface area contributed by atoms with E-state index in [4.69, 9.17) is 18.9 Å². The number of methoxy groups -OCH3 is 3. The van der Waals surface area contributed by atoms with Gasteiger partial charge in [0.15, 0.2) is 0 Å². The van der Waals surface area contributed by atoms with E-state index in [1.54, 1.807) is 21.3 Å². The van der Waals surface area contributed by atoms with Crippen molar-refractivity contribution in [3.8, 4) is 17.2 Å². The molecule has 176 valence electrons. The SMILES string of the molecule is COc1ccccc1CNC(=O)CC/C(C)=C/Cc1c(OC)c(C)c2c(c1OC)C(=O)OC2. The van der Waals surface area contributed by atoms with Crippen molar-refractivity contribution in [3.63, 3.8) is 0 Å². The summed E-state index contributed by atoms with van der Waals surface area (Å²) in [6, 6.07) is 7.62. The van der Waals surface area contributed by atoms with Crippen molar-refractivity contribution in [2.24, 2.45) is 0 Å². The van der Waals surface area contributed by atoms with Crippen LogP contribution in [0.2, 0.25) is 0 Å². The zero-order chi connectivity index (χ0) is 24.0. The molecule has 7 heteroatoms. The number of hydrogen-bond donors (Lipinski definition) is 1. The Morgan fingerprint density at radius 1 is 1.09 bits per heavy atom. The van der Waals surface area contributed by atoms with E-state index in [1.165, 1.54) is 0 Å². The maximum Gasteiger partial charge on any atom is 0.342 e. The van der Waals surface area contributed by atoms with Gasteiger partial charge in [0.2, 0.25) is 5.91 Å². The number of esters is 1. The maximum atomic E-state index is 12.3. The maximum absolute atomic E-state index is 12.3. The van der Waals surface area contributed by atoms with Crippen LogP contribution in [0.5, 0.6) is 17.2 Å². The summed E-state index contributed by atoms with van der Waals surface area (Å²) in [6.07, 6.45) is 3.55. The Balaban J connectivity index is 1.65. The van der Waals surface area contributed by atoms with Gasteiger partial charge in [0.1, 0.15) is 29.4 Å². The number of allylic oxidation sites excluding steroid dienone is 2. The molecule has 0 saturated heterocycles. The Morgan fingerprint density at radius 3 is 2.52 bits per heavy atom. The van der Waals surface area contributed by atoms with E-state index in [0.29, 0.717) is 42.9 Å². The normalized spacial score (nSPS) is 12.8. The number of amides is 1. The third-order valence-corrected chi connectivity index (χ3v) is 5.90. The van der Waals surface area contributed by atoms with Crippen LogP contribution < -0.4 is 19.5 Å². The molecular weight excluding hydrogens is 422 g/mol. The van der Waals surface area contributed by atoms with Gasteiger partial charge in [-0.1, -0.05) is 29.8 Å². The van der Waals surface area contributed by atoms with Crippen molar-refractivity contribution >= 4 is 11.9 Å². The molecule has 0 radical (unpaired) electrons. The molecule has 2 aromatic carbocycles. The van der Waals surface area contributed by atoms with Gasteiger partial charge in [0.25, 0.3) is 0 Å². The summed E-state index contributed by atoms with van der Waals surface area (Å²) >= 11 is 0. The minimum absolute atomic E-state index is 0.0278. The highest BCUT2D eigenvalue weighted by Gasteiger charge is 2.32. The second-order valence-electron chi connectivity index (χ2n) is 7.94. The molecule has 1 aliphatic rings. The number of ether oxygens (including phenoxy) is 4. The lowest BCUT2D eigenvalue weighted by Crippen LogP contribution is -2.22. The molecule has 0 spiro atoms. The number of carbonyl (C=O) groups is 2. The molecule has 3 rings (SSSR count). The lowest BCUT2D eigenvalue weighted by molar-refractivity contribution is -0.121. The van der Waals surface area contributed by atoms with Crippen molar-refractivity contribution < 1.29 is 28.5 Å². The van der Waals surface area contributed by atoms with E-state index < -0.39 is 0 Å². The van der Waals surface area contributed by atoms with Crippen molar-refractivity contribution in [2.45, 2.75) is 46.3 Å². The molecule has 0 aliphatic carbocycles. The Bertz CT molecular complexity index is 1070. The molecule has 1 amide bonds. The molecule has 0 saturated carbocycles. The molecule has 2 aromatic rings. The number of rotatable bonds is 10. The molecule has 0 aromatic heterocycles. The third kappa shape index (κ3) is 5.30. The quantitative estimate of drug-likeness (QED) is 0.427. The first-order valence-corrected chi connectivity index (χ1v) is 10.9. The van der Waals surface area contributed by atoms with Crippen molar-refractivity contribution in [3.05, 3.63) is 63.7 Å². The van der Waals surface area contributed by atoms with Gasteiger partial charge in [-0.2, -0.15) is 0 Å². The van der Waals surface area contributed by atoms with Crippen LogP contribution >= 0.6 is 0 Å². The summed E-state index contributed by atoms with van der Waals surface area (Å²) in [7, 11) is 4.77. The first-order chi connectivity index (χ1) is 15.9. The average molecular weight is 454 g/mol. The second kappa shape index (κ2) is 10.9. The summed E-state index contributed by atoms with van der Waals surface area (Å²) in [5.74, 6) is 1.54. The topological polar surface area (TPSA) is 83.1 Å². The number of fused-ring (bicyclic) bond motifs is 1. The van der Waals surface area contributed by atoms with Crippen molar-refractivity contribution in [1.82, 2.24) is 5.32 Å². The minimum atomic E-state index is -0.374. The summed E-state index contributed by atoms with van der Waals surface area (Å²) in [4.78, 5) is 24.6. The van der Waals surface area contributed by atoms with Crippen LogP contribution in [0.25, 0.3) is 0 Å². The van der Waals surface area contributed by atoms with E-state index in [1.807, 2.05) is 44.2 Å². The molecule has 1 N–H and O–H groups in total. The first-order valence-electron chi connectivity index (χ1n) is 10.9. The van der Waals surface area contributed by atoms with Gasteiger partial charge in [-0.05, 0) is 38.3 Å². The van der Waals surface area contributed by atoms with Gasteiger partial charge in [-0.25, -0.2) is 4.79 Å². The largest absolute Gasteiger partial charge is 0.496 e. The highest BCUT2D eigenvalue weighted by molar-refractivity contribution is 5.98. The zero-order valence-corrected chi connectivity index (χ0v) is 19.9. The van der Waals surface area contributed by atoms with Gasteiger partial charge >= 0.3 is 5.97 Å². The van der Waals surface area contributed by atoms with Gasteiger partial charge in [0, 0.05) is 29.7 Å².